The molecule has 0 bridgehead atoms. The van der Waals surface area contributed by atoms with E-state index in [1.807, 2.05) is 6.07 Å². The second-order valence-corrected chi connectivity index (χ2v) is 4.79. The molecule has 1 amide bonds. The van der Waals surface area contributed by atoms with Crippen molar-refractivity contribution in [1.82, 2.24) is 15.6 Å². The fourth-order valence-electron chi connectivity index (χ4n) is 1.74. The molecule has 1 aromatic rings. The van der Waals surface area contributed by atoms with Gasteiger partial charge in [0.15, 0.2) is 0 Å². The summed E-state index contributed by atoms with van der Waals surface area (Å²) in [7, 11) is 0. The molecule has 86 valence electrons. The van der Waals surface area contributed by atoms with Gasteiger partial charge < -0.3 is 10.6 Å². The molecule has 2 heterocycles. The van der Waals surface area contributed by atoms with Gasteiger partial charge in [-0.1, -0.05) is 0 Å². The molecule has 1 aromatic heterocycles. The maximum atomic E-state index is 11.8. The van der Waals surface area contributed by atoms with Gasteiger partial charge in [0.2, 0.25) is 0 Å². The van der Waals surface area contributed by atoms with Crippen molar-refractivity contribution in [3.63, 3.8) is 0 Å². The first-order valence-electron chi connectivity index (χ1n) is 5.39. The summed E-state index contributed by atoms with van der Waals surface area (Å²) in [6, 6.07) is 3.77. The van der Waals surface area contributed by atoms with Crippen molar-refractivity contribution in [3.05, 3.63) is 28.5 Å². The Balaban J connectivity index is 1.94. The Kier molecular flexibility index (Phi) is 3.90. The highest BCUT2D eigenvalue weighted by molar-refractivity contribution is 9.10. The van der Waals surface area contributed by atoms with Crippen LogP contribution in [0, 0.1) is 0 Å². The zero-order chi connectivity index (χ0) is 11.4. The first kappa shape index (κ1) is 11.5. The van der Waals surface area contributed by atoms with Crippen LogP contribution in [0.5, 0.6) is 0 Å². The van der Waals surface area contributed by atoms with E-state index in [-0.39, 0.29) is 11.9 Å². The van der Waals surface area contributed by atoms with Gasteiger partial charge in [0.25, 0.3) is 5.91 Å². The zero-order valence-electron chi connectivity index (χ0n) is 8.87. The fraction of sp³-hybridized carbons (Fsp3) is 0.455. The highest BCUT2D eigenvalue weighted by atomic mass is 79.9. The first-order chi connectivity index (χ1) is 7.75. The van der Waals surface area contributed by atoms with Crippen molar-refractivity contribution >= 4 is 21.8 Å². The molecule has 4 nitrogen and oxygen atoms in total. The quantitative estimate of drug-likeness (QED) is 0.861. The van der Waals surface area contributed by atoms with Crippen molar-refractivity contribution in [2.24, 2.45) is 0 Å². The molecule has 16 heavy (non-hydrogen) atoms. The zero-order valence-corrected chi connectivity index (χ0v) is 10.5. The first-order valence-corrected chi connectivity index (χ1v) is 6.18. The van der Waals surface area contributed by atoms with Crippen molar-refractivity contribution in [3.8, 4) is 0 Å². The second kappa shape index (κ2) is 5.41. The summed E-state index contributed by atoms with van der Waals surface area (Å²) in [4.78, 5) is 15.9. The van der Waals surface area contributed by atoms with Gasteiger partial charge in [-0.25, -0.2) is 4.98 Å². The molecule has 0 spiro atoms. The average molecular weight is 284 g/mol. The second-order valence-electron chi connectivity index (χ2n) is 3.88. The third-order valence-electron chi connectivity index (χ3n) is 2.59. The Labute approximate surface area is 103 Å². The van der Waals surface area contributed by atoms with Gasteiger partial charge in [-0.2, -0.15) is 0 Å². The molecule has 0 aliphatic carbocycles. The maximum Gasteiger partial charge on any atom is 0.270 e. The van der Waals surface area contributed by atoms with Crippen LogP contribution in [0.25, 0.3) is 0 Å². The lowest BCUT2D eigenvalue weighted by Crippen LogP contribution is -2.45. The van der Waals surface area contributed by atoms with E-state index >= 15 is 0 Å². The van der Waals surface area contributed by atoms with Gasteiger partial charge in [0.1, 0.15) is 5.69 Å². The minimum atomic E-state index is -0.0961. The number of aromatic nitrogens is 1. The Morgan fingerprint density at radius 2 is 2.44 bits per heavy atom. The number of hydrogen-bond acceptors (Lipinski definition) is 3. The van der Waals surface area contributed by atoms with Gasteiger partial charge in [-0.15, -0.1) is 0 Å². The minimum absolute atomic E-state index is 0.0961. The monoisotopic (exact) mass is 283 g/mol. The number of nitrogens with one attached hydrogen (secondary N) is 2. The lowest BCUT2D eigenvalue weighted by Gasteiger charge is -2.23. The smallest absolute Gasteiger partial charge is 0.270 e. The lowest BCUT2D eigenvalue weighted by molar-refractivity contribution is 0.0925. The van der Waals surface area contributed by atoms with E-state index in [2.05, 4.69) is 31.5 Å². The third-order valence-corrected chi connectivity index (χ3v) is 3.06. The normalized spacial score (nSPS) is 20.4. The standard InChI is InChI=1S/C11H14BrN3O/c12-8-3-4-10(14-6-8)11(16)15-9-2-1-5-13-7-9/h3-4,6,9,13H,1-2,5,7H2,(H,15,16)/t9-/m1/s1. The fourth-order valence-corrected chi connectivity index (χ4v) is 1.98. The number of halogens is 1. The lowest BCUT2D eigenvalue weighted by atomic mass is 10.1. The van der Waals surface area contributed by atoms with Crippen LogP contribution in [0.4, 0.5) is 0 Å². The van der Waals surface area contributed by atoms with Gasteiger partial charge in [-0.05, 0) is 47.4 Å². The van der Waals surface area contributed by atoms with E-state index in [1.165, 1.54) is 0 Å². The predicted molar refractivity (Wildman–Crippen MR) is 65.3 cm³/mol. The maximum absolute atomic E-state index is 11.8. The molecule has 0 aromatic carbocycles. The number of carbonyl (C=O) groups is 1. The largest absolute Gasteiger partial charge is 0.347 e. The number of nitrogens with zero attached hydrogens (tertiary/aromatic N) is 1. The van der Waals surface area contributed by atoms with Crippen molar-refractivity contribution in [1.29, 1.82) is 0 Å². The SMILES string of the molecule is O=C(N[C@@H]1CCCNC1)c1ccc(Br)cn1. The van der Waals surface area contributed by atoms with Crippen LogP contribution in [0.2, 0.25) is 0 Å². The van der Waals surface area contributed by atoms with Crippen LogP contribution < -0.4 is 10.6 Å². The summed E-state index contributed by atoms with van der Waals surface area (Å²) in [5.41, 5.74) is 0.466. The molecule has 1 fully saturated rings. The molecule has 1 aliphatic rings. The van der Waals surface area contributed by atoms with E-state index in [4.69, 9.17) is 0 Å². The molecule has 5 heteroatoms. The summed E-state index contributed by atoms with van der Waals surface area (Å²) in [6.07, 6.45) is 3.78. The van der Waals surface area contributed by atoms with Gasteiger partial charge in [-0.3, -0.25) is 4.79 Å². The molecular formula is C11H14BrN3O. The molecule has 0 radical (unpaired) electrons. The van der Waals surface area contributed by atoms with Crippen LogP contribution in [0.3, 0.4) is 0 Å². The molecule has 1 atom stereocenters. The summed E-state index contributed by atoms with van der Waals surface area (Å²) in [6.45, 7) is 1.89. The Hall–Kier alpha value is -0.940. The molecule has 0 saturated carbocycles. The number of amides is 1. The number of pyridine rings is 1. The van der Waals surface area contributed by atoms with E-state index < -0.39 is 0 Å². The van der Waals surface area contributed by atoms with Gasteiger partial charge >= 0.3 is 0 Å². The van der Waals surface area contributed by atoms with E-state index in [0.29, 0.717) is 5.69 Å². The highest BCUT2D eigenvalue weighted by Gasteiger charge is 2.16. The number of hydrogen-bond donors (Lipinski definition) is 2. The van der Waals surface area contributed by atoms with E-state index in [9.17, 15) is 4.79 Å². The molecule has 2 N–H and O–H groups in total. The van der Waals surface area contributed by atoms with Crippen LogP contribution in [-0.4, -0.2) is 30.0 Å². The van der Waals surface area contributed by atoms with Crippen molar-refractivity contribution in [2.45, 2.75) is 18.9 Å². The van der Waals surface area contributed by atoms with Gasteiger partial charge in [0, 0.05) is 23.3 Å². The topological polar surface area (TPSA) is 54.0 Å². The molecule has 2 rings (SSSR count). The van der Waals surface area contributed by atoms with Crippen LogP contribution in [0.15, 0.2) is 22.8 Å². The van der Waals surface area contributed by atoms with Gasteiger partial charge in [0.05, 0.1) is 0 Å². The Morgan fingerprint density at radius 3 is 3.06 bits per heavy atom. The van der Waals surface area contributed by atoms with Crippen LogP contribution in [0.1, 0.15) is 23.3 Å². The van der Waals surface area contributed by atoms with Crippen LogP contribution in [-0.2, 0) is 0 Å². The Bertz CT molecular complexity index is 360. The third kappa shape index (κ3) is 3.02. The molecule has 1 aliphatic heterocycles. The molecular weight excluding hydrogens is 270 g/mol. The highest BCUT2D eigenvalue weighted by Crippen LogP contribution is 2.08. The number of carbonyl (C=O) groups excluding carboxylic acids is 1. The van der Waals surface area contributed by atoms with Crippen LogP contribution >= 0.6 is 15.9 Å². The molecule has 1 saturated heterocycles. The average Bonchev–Trinajstić information content (AvgIpc) is 2.31. The van der Waals surface area contributed by atoms with Crippen molar-refractivity contribution in [2.75, 3.05) is 13.1 Å². The predicted octanol–water partition coefficient (Wildman–Crippen LogP) is 1.33. The minimum Gasteiger partial charge on any atom is -0.347 e. The summed E-state index contributed by atoms with van der Waals surface area (Å²) in [5, 5.41) is 6.23. The number of piperidine rings is 1. The Morgan fingerprint density at radius 1 is 1.56 bits per heavy atom. The molecule has 0 unspecified atom stereocenters. The number of rotatable bonds is 2. The summed E-state index contributed by atoms with van der Waals surface area (Å²) < 4.78 is 0.878. The van der Waals surface area contributed by atoms with E-state index in [1.54, 1.807) is 12.3 Å². The summed E-state index contributed by atoms with van der Waals surface area (Å²) in [5.74, 6) is -0.0961. The summed E-state index contributed by atoms with van der Waals surface area (Å²) >= 11 is 3.29. The van der Waals surface area contributed by atoms with Crippen molar-refractivity contribution < 1.29 is 4.79 Å². The van der Waals surface area contributed by atoms with E-state index in [0.717, 1.165) is 30.4 Å².